The fourth-order valence-corrected chi connectivity index (χ4v) is 2.43. The molecule has 1 aromatic carbocycles. The molecule has 0 unspecified atom stereocenters. The van der Waals surface area contributed by atoms with Gasteiger partial charge in [0.15, 0.2) is 0 Å². The van der Waals surface area contributed by atoms with E-state index in [2.05, 4.69) is 24.4 Å². The Morgan fingerprint density at radius 1 is 1.31 bits per heavy atom. The lowest BCUT2D eigenvalue weighted by molar-refractivity contribution is 0.414. The quantitative estimate of drug-likeness (QED) is 0.835. The molecule has 0 spiro atoms. The van der Waals surface area contributed by atoms with Crippen molar-refractivity contribution in [3.8, 4) is 5.75 Å². The number of hydrogen-bond donors (Lipinski definition) is 1. The van der Waals surface area contributed by atoms with Crippen LogP contribution in [0.25, 0.3) is 0 Å². The van der Waals surface area contributed by atoms with Crippen LogP contribution in [0.2, 0.25) is 0 Å². The molecule has 88 valence electrons. The molecule has 1 aromatic rings. The fourth-order valence-electron chi connectivity index (χ4n) is 2.43. The third-order valence-corrected chi connectivity index (χ3v) is 3.49. The Hall–Kier alpha value is -1.18. The summed E-state index contributed by atoms with van der Waals surface area (Å²) >= 11 is 0. The van der Waals surface area contributed by atoms with Crippen LogP contribution in [-0.2, 0) is 0 Å². The second-order valence-corrected chi connectivity index (χ2v) is 4.71. The third-order valence-electron chi connectivity index (χ3n) is 3.49. The topological polar surface area (TPSA) is 21.3 Å². The Kier molecular flexibility index (Phi) is 3.70. The summed E-state index contributed by atoms with van der Waals surface area (Å²) in [6.45, 7) is 3.24. The first-order chi connectivity index (χ1) is 7.79. The molecule has 1 N–H and O–H groups in total. The van der Waals surface area contributed by atoms with Crippen LogP contribution in [0, 0.1) is 12.8 Å². The van der Waals surface area contributed by atoms with Crippen molar-refractivity contribution >= 4 is 5.69 Å². The van der Waals surface area contributed by atoms with E-state index in [1.165, 1.54) is 36.9 Å². The maximum atomic E-state index is 5.20. The van der Waals surface area contributed by atoms with E-state index in [1.54, 1.807) is 7.11 Å². The van der Waals surface area contributed by atoms with Gasteiger partial charge in [0.2, 0.25) is 0 Å². The first-order valence-electron chi connectivity index (χ1n) is 6.18. The molecule has 2 nitrogen and oxygen atoms in total. The molecule has 1 aliphatic rings. The van der Waals surface area contributed by atoms with Crippen molar-refractivity contribution in [2.75, 3.05) is 19.0 Å². The number of methoxy groups -OCH3 is 1. The fraction of sp³-hybridized carbons (Fsp3) is 0.571. The van der Waals surface area contributed by atoms with Crippen LogP contribution in [0.5, 0.6) is 5.75 Å². The summed E-state index contributed by atoms with van der Waals surface area (Å²) in [6.07, 6.45) is 5.60. The van der Waals surface area contributed by atoms with Gasteiger partial charge in [-0.3, -0.25) is 0 Å². The van der Waals surface area contributed by atoms with Crippen molar-refractivity contribution < 1.29 is 4.74 Å². The largest absolute Gasteiger partial charge is 0.497 e. The maximum absolute atomic E-state index is 5.20. The molecule has 0 bridgehead atoms. The van der Waals surface area contributed by atoms with Crippen LogP contribution in [0.1, 0.15) is 31.2 Å². The molecule has 2 heteroatoms. The van der Waals surface area contributed by atoms with Crippen LogP contribution in [-0.4, -0.2) is 13.7 Å². The monoisotopic (exact) mass is 219 g/mol. The minimum atomic E-state index is 0.876. The lowest BCUT2D eigenvalue weighted by Crippen LogP contribution is -2.11. The second kappa shape index (κ2) is 5.24. The SMILES string of the molecule is COc1ccc(NCC2CCCC2)c(C)c1. The number of benzene rings is 1. The average Bonchev–Trinajstić information content (AvgIpc) is 2.80. The average molecular weight is 219 g/mol. The van der Waals surface area contributed by atoms with E-state index >= 15 is 0 Å². The van der Waals surface area contributed by atoms with Crippen molar-refractivity contribution in [3.05, 3.63) is 23.8 Å². The molecular formula is C14H21NO. The molecule has 1 fully saturated rings. The number of rotatable bonds is 4. The summed E-state index contributed by atoms with van der Waals surface area (Å²) in [5, 5.41) is 3.55. The molecule has 16 heavy (non-hydrogen) atoms. The van der Waals surface area contributed by atoms with Gasteiger partial charge in [0.05, 0.1) is 7.11 Å². The van der Waals surface area contributed by atoms with E-state index in [1.807, 2.05) is 6.07 Å². The van der Waals surface area contributed by atoms with Gasteiger partial charge in [-0.25, -0.2) is 0 Å². The highest BCUT2D eigenvalue weighted by Gasteiger charge is 2.14. The maximum Gasteiger partial charge on any atom is 0.119 e. The van der Waals surface area contributed by atoms with Crippen LogP contribution >= 0.6 is 0 Å². The molecule has 0 aromatic heterocycles. The van der Waals surface area contributed by atoms with Crippen molar-refractivity contribution in [1.29, 1.82) is 0 Å². The highest BCUT2D eigenvalue weighted by atomic mass is 16.5. The van der Waals surface area contributed by atoms with E-state index in [0.717, 1.165) is 18.2 Å². The van der Waals surface area contributed by atoms with Gasteiger partial charge >= 0.3 is 0 Å². The van der Waals surface area contributed by atoms with Gasteiger partial charge in [-0.2, -0.15) is 0 Å². The van der Waals surface area contributed by atoms with Gasteiger partial charge in [0.1, 0.15) is 5.75 Å². The van der Waals surface area contributed by atoms with Crippen molar-refractivity contribution in [2.45, 2.75) is 32.6 Å². The molecule has 0 aliphatic heterocycles. The van der Waals surface area contributed by atoms with Gasteiger partial charge in [-0.1, -0.05) is 12.8 Å². The highest BCUT2D eigenvalue weighted by Crippen LogP contribution is 2.26. The second-order valence-electron chi connectivity index (χ2n) is 4.71. The zero-order valence-electron chi connectivity index (χ0n) is 10.3. The van der Waals surface area contributed by atoms with Crippen LogP contribution < -0.4 is 10.1 Å². The van der Waals surface area contributed by atoms with Gasteiger partial charge in [0, 0.05) is 12.2 Å². The molecule has 0 saturated heterocycles. The first-order valence-corrected chi connectivity index (χ1v) is 6.18. The van der Waals surface area contributed by atoms with Crippen molar-refractivity contribution in [1.82, 2.24) is 0 Å². The molecular weight excluding hydrogens is 198 g/mol. The molecule has 1 saturated carbocycles. The van der Waals surface area contributed by atoms with E-state index in [4.69, 9.17) is 4.74 Å². The van der Waals surface area contributed by atoms with E-state index < -0.39 is 0 Å². The molecule has 0 radical (unpaired) electrons. The zero-order chi connectivity index (χ0) is 11.4. The van der Waals surface area contributed by atoms with E-state index in [9.17, 15) is 0 Å². The molecule has 1 aliphatic carbocycles. The lowest BCUT2D eigenvalue weighted by Gasteiger charge is -2.14. The molecule has 0 atom stereocenters. The van der Waals surface area contributed by atoms with Crippen LogP contribution in [0.4, 0.5) is 5.69 Å². The van der Waals surface area contributed by atoms with E-state index in [-0.39, 0.29) is 0 Å². The predicted molar refractivity (Wildman–Crippen MR) is 68.2 cm³/mol. The zero-order valence-corrected chi connectivity index (χ0v) is 10.3. The van der Waals surface area contributed by atoms with Crippen molar-refractivity contribution in [3.63, 3.8) is 0 Å². The first kappa shape index (κ1) is 11.3. The number of nitrogens with one attached hydrogen (secondary N) is 1. The minimum Gasteiger partial charge on any atom is -0.497 e. The third kappa shape index (κ3) is 2.69. The summed E-state index contributed by atoms with van der Waals surface area (Å²) in [4.78, 5) is 0. The number of ether oxygens (including phenoxy) is 1. The van der Waals surface area contributed by atoms with Gasteiger partial charge in [-0.15, -0.1) is 0 Å². The van der Waals surface area contributed by atoms with Crippen LogP contribution in [0.15, 0.2) is 18.2 Å². The molecule has 0 heterocycles. The summed E-state index contributed by atoms with van der Waals surface area (Å²) in [5.41, 5.74) is 2.50. The molecule has 0 amide bonds. The van der Waals surface area contributed by atoms with Gasteiger partial charge in [-0.05, 0) is 49.4 Å². The Bertz CT molecular complexity index is 343. The minimum absolute atomic E-state index is 0.876. The Labute approximate surface area is 98.0 Å². The number of anilines is 1. The van der Waals surface area contributed by atoms with Crippen LogP contribution in [0.3, 0.4) is 0 Å². The summed E-state index contributed by atoms with van der Waals surface area (Å²) in [7, 11) is 1.71. The normalized spacial score (nSPS) is 16.4. The summed E-state index contributed by atoms with van der Waals surface area (Å²) in [6, 6.07) is 6.21. The summed E-state index contributed by atoms with van der Waals surface area (Å²) in [5.74, 6) is 1.81. The Morgan fingerprint density at radius 2 is 2.06 bits per heavy atom. The predicted octanol–water partition coefficient (Wildman–Crippen LogP) is 3.61. The Morgan fingerprint density at radius 3 is 2.69 bits per heavy atom. The highest BCUT2D eigenvalue weighted by molar-refractivity contribution is 5.53. The molecule has 2 rings (SSSR count). The number of aryl methyl sites for hydroxylation is 1. The van der Waals surface area contributed by atoms with Gasteiger partial charge < -0.3 is 10.1 Å². The van der Waals surface area contributed by atoms with Crippen molar-refractivity contribution in [2.24, 2.45) is 5.92 Å². The van der Waals surface area contributed by atoms with Gasteiger partial charge in [0.25, 0.3) is 0 Å². The smallest absolute Gasteiger partial charge is 0.119 e. The van der Waals surface area contributed by atoms with E-state index in [0.29, 0.717) is 0 Å². The standard InChI is InChI=1S/C14H21NO/c1-11-9-13(16-2)7-8-14(11)15-10-12-5-3-4-6-12/h7-9,12,15H,3-6,10H2,1-2H3. The summed E-state index contributed by atoms with van der Waals surface area (Å²) < 4.78 is 5.20. The number of hydrogen-bond acceptors (Lipinski definition) is 2. The lowest BCUT2D eigenvalue weighted by atomic mass is 10.1. The Balaban J connectivity index is 1.93.